The summed E-state index contributed by atoms with van der Waals surface area (Å²) in [6, 6.07) is 0. The van der Waals surface area contributed by atoms with Crippen LogP contribution in [0.4, 0.5) is 4.79 Å². The van der Waals surface area contributed by atoms with Crippen molar-refractivity contribution in [3.05, 3.63) is 0 Å². The smallest absolute Gasteiger partial charge is 0.289 e. The van der Waals surface area contributed by atoms with Gasteiger partial charge in [-0.3, -0.25) is 4.79 Å². The minimum absolute atomic E-state index is 0.0533. The maximum atomic E-state index is 10.7. The molecule has 60 valence electrons. The van der Waals surface area contributed by atoms with E-state index in [4.69, 9.17) is 0 Å². The van der Waals surface area contributed by atoms with Gasteiger partial charge in [0, 0.05) is 29.5 Å². The summed E-state index contributed by atoms with van der Waals surface area (Å²) < 4.78 is 0. The maximum absolute atomic E-state index is 10.7. The third-order valence-corrected chi connectivity index (χ3v) is 1.62. The SMILES string of the molecule is CN(CC(C)(C)C)C(=O)Br. The summed E-state index contributed by atoms with van der Waals surface area (Å²) in [6.07, 6.45) is 0. The molecule has 0 bridgehead atoms. The van der Waals surface area contributed by atoms with Gasteiger partial charge in [0.05, 0.1) is 0 Å². The fourth-order valence-electron chi connectivity index (χ4n) is 0.774. The molecule has 10 heavy (non-hydrogen) atoms. The van der Waals surface area contributed by atoms with Crippen LogP contribution >= 0.6 is 15.9 Å². The highest BCUT2D eigenvalue weighted by molar-refractivity contribution is 9.18. The number of carbonyl (C=O) groups excluding carboxylic acids is 1. The molecular weight excluding hydrogens is 194 g/mol. The van der Waals surface area contributed by atoms with Crippen molar-refractivity contribution in [2.75, 3.05) is 13.6 Å². The van der Waals surface area contributed by atoms with Crippen LogP contribution in [0.5, 0.6) is 0 Å². The van der Waals surface area contributed by atoms with Gasteiger partial charge in [-0.2, -0.15) is 0 Å². The summed E-state index contributed by atoms with van der Waals surface area (Å²) in [6.45, 7) is 7.06. The first kappa shape index (κ1) is 9.95. The van der Waals surface area contributed by atoms with Gasteiger partial charge in [-0.1, -0.05) is 20.8 Å². The van der Waals surface area contributed by atoms with Crippen molar-refractivity contribution in [2.24, 2.45) is 5.41 Å². The molecule has 0 aromatic heterocycles. The Morgan fingerprint density at radius 2 is 1.90 bits per heavy atom. The predicted octanol–water partition coefficient (Wildman–Crippen LogP) is 2.48. The third kappa shape index (κ3) is 4.79. The quantitative estimate of drug-likeness (QED) is 0.478. The molecule has 0 rings (SSSR count). The highest BCUT2D eigenvalue weighted by Gasteiger charge is 2.15. The largest absolute Gasteiger partial charge is 0.336 e. The van der Waals surface area contributed by atoms with E-state index in [0.717, 1.165) is 6.54 Å². The van der Waals surface area contributed by atoms with E-state index in [0.29, 0.717) is 0 Å². The zero-order chi connectivity index (χ0) is 8.36. The molecule has 0 atom stereocenters. The summed E-state index contributed by atoms with van der Waals surface area (Å²) in [4.78, 5) is 12.3. The number of carbonyl (C=O) groups is 1. The van der Waals surface area contributed by atoms with Gasteiger partial charge in [0.1, 0.15) is 0 Å². The molecule has 0 aliphatic carbocycles. The van der Waals surface area contributed by atoms with Gasteiger partial charge in [0.15, 0.2) is 0 Å². The van der Waals surface area contributed by atoms with E-state index in [-0.39, 0.29) is 10.2 Å². The highest BCUT2D eigenvalue weighted by Crippen LogP contribution is 2.15. The third-order valence-electron chi connectivity index (χ3n) is 1.01. The van der Waals surface area contributed by atoms with Crippen molar-refractivity contribution in [1.29, 1.82) is 0 Å². The van der Waals surface area contributed by atoms with Crippen molar-refractivity contribution in [3.63, 3.8) is 0 Å². The zero-order valence-electron chi connectivity index (χ0n) is 6.94. The van der Waals surface area contributed by atoms with Crippen LogP contribution in [0.15, 0.2) is 0 Å². The minimum atomic E-state index is -0.0533. The van der Waals surface area contributed by atoms with E-state index in [1.165, 1.54) is 0 Å². The normalized spacial score (nSPS) is 11.3. The van der Waals surface area contributed by atoms with Gasteiger partial charge < -0.3 is 4.90 Å². The van der Waals surface area contributed by atoms with Crippen molar-refractivity contribution in [1.82, 2.24) is 4.90 Å². The lowest BCUT2D eigenvalue weighted by atomic mass is 9.97. The van der Waals surface area contributed by atoms with Crippen LogP contribution in [0.2, 0.25) is 0 Å². The Hall–Kier alpha value is -0.0500. The summed E-state index contributed by atoms with van der Waals surface area (Å²) >= 11 is 2.88. The number of amides is 1. The molecular formula is C7H14BrNO. The number of hydrogen-bond acceptors (Lipinski definition) is 1. The second-order valence-electron chi connectivity index (χ2n) is 3.67. The summed E-state index contributed by atoms with van der Waals surface area (Å²) in [7, 11) is 1.78. The van der Waals surface area contributed by atoms with Gasteiger partial charge in [-0.25, -0.2) is 0 Å². The number of rotatable bonds is 1. The Kier molecular flexibility index (Phi) is 3.36. The van der Waals surface area contributed by atoms with E-state index in [1.54, 1.807) is 11.9 Å². The molecule has 0 aliphatic rings. The van der Waals surface area contributed by atoms with Crippen LogP contribution in [0.3, 0.4) is 0 Å². The van der Waals surface area contributed by atoms with Gasteiger partial charge in [0.25, 0.3) is 4.82 Å². The van der Waals surface area contributed by atoms with Crippen molar-refractivity contribution in [2.45, 2.75) is 20.8 Å². The van der Waals surface area contributed by atoms with Gasteiger partial charge in [0.2, 0.25) is 0 Å². The first-order valence-electron chi connectivity index (χ1n) is 3.23. The average molecular weight is 208 g/mol. The predicted molar refractivity (Wildman–Crippen MR) is 46.4 cm³/mol. The summed E-state index contributed by atoms with van der Waals surface area (Å²) in [5.74, 6) is 0. The molecule has 3 heteroatoms. The zero-order valence-corrected chi connectivity index (χ0v) is 8.53. The molecule has 0 saturated carbocycles. The first-order chi connectivity index (χ1) is 4.33. The fraction of sp³-hybridized carbons (Fsp3) is 0.857. The molecule has 2 nitrogen and oxygen atoms in total. The molecule has 0 radical (unpaired) electrons. The molecule has 0 aliphatic heterocycles. The van der Waals surface area contributed by atoms with E-state index >= 15 is 0 Å². The average Bonchev–Trinajstić information content (AvgIpc) is 1.60. The molecule has 0 N–H and O–H groups in total. The maximum Gasteiger partial charge on any atom is 0.289 e. The second-order valence-corrected chi connectivity index (χ2v) is 4.35. The van der Waals surface area contributed by atoms with Gasteiger partial charge >= 0.3 is 0 Å². The lowest BCUT2D eigenvalue weighted by Gasteiger charge is -2.24. The van der Waals surface area contributed by atoms with E-state index in [9.17, 15) is 4.79 Å². The molecule has 0 heterocycles. The monoisotopic (exact) mass is 207 g/mol. The fourth-order valence-corrected chi connectivity index (χ4v) is 0.899. The molecule has 0 spiro atoms. The van der Waals surface area contributed by atoms with Crippen molar-refractivity contribution >= 4 is 20.7 Å². The van der Waals surface area contributed by atoms with Crippen LogP contribution in [0, 0.1) is 5.41 Å². The molecule has 0 unspecified atom stereocenters. The van der Waals surface area contributed by atoms with E-state index in [1.807, 2.05) is 0 Å². The Labute approximate surface area is 70.7 Å². The van der Waals surface area contributed by atoms with Gasteiger partial charge in [-0.15, -0.1) is 0 Å². The van der Waals surface area contributed by atoms with Crippen LogP contribution in [0.1, 0.15) is 20.8 Å². The number of halogens is 1. The topological polar surface area (TPSA) is 20.3 Å². The molecule has 0 saturated heterocycles. The van der Waals surface area contributed by atoms with Crippen LogP contribution < -0.4 is 0 Å². The standard InChI is InChI=1S/C7H14BrNO/c1-7(2,3)5-9(4)6(8)10/h5H2,1-4H3. The molecule has 0 fully saturated rings. The first-order valence-corrected chi connectivity index (χ1v) is 4.03. The highest BCUT2D eigenvalue weighted by atomic mass is 79.9. The van der Waals surface area contributed by atoms with E-state index < -0.39 is 0 Å². The molecule has 0 aromatic carbocycles. The van der Waals surface area contributed by atoms with Crippen LogP contribution in [-0.2, 0) is 0 Å². The number of hydrogen-bond donors (Lipinski definition) is 0. The minimum Gasteiger partial charge on any atom is -0.336 e. The van der Waals surface area contributed by atoms with Crippen LogP contribution in [0.25, 0.3) is 0 Å². The Balaban J connectivity index is 3.80. The Morgan fingerprint density at radius 1 is 1.50 bits per heavy atom. The Bertz CT molecular complexity index is 128. The van der Waals surface area contributed by atoms with Gasteiger partial charge in [-0.05, 0) is 5.41 Å². The van der Waals surface area contributed by atoms with Crippen molar-refractivity contribution < 1.29 is 4.79 Å². The molecule has 0 aromatic rings. The second kappa shape index (κ2) is 3.37. The number of nitrogens with zero attached hydrogens (tertiary/aromatic N) is 1. The Morgan fingerprint density at radius 3 is 2.00 bits per heavy atom. The summed E-state index contributed by atoms with van der Waals surface area (Å²) in [5, 5.41) is 0. The lowest BCUT2D eigenvalue weighted by molar-refractivity contribution is 0.213. The van der Waals surface area contributed by atoms with Crippen molar-refractivity contribution in [3.8, 4) is 0 Å². The lowest BCUT2D eigenvalue weighted by Crippen LogP contribution is -2.30. The molecule has 1 amide bonds. The van der Waals surface area contributed by atoms with E-state index in [2.05, 4.69) is 36.7 Å². The van der Waals surface area contributed by atoms with Crippen LogP contribution in [-0.4, -0.2) is 23.3 Å². The summed E-state index contributed by atoms with van der Waals surface area (Å²) in [5.41, 5.74) is 0.179.